The van der Waals surface area contributed by atoms with Gasteiger partial charge in [0.2, 0.25) is 5.91 Å². The zero-order valence-corrected chi connectivity index (χ0v) is 14.3. The van der Waals surface area contributed by atoms with Gasteiger partial charge < -0.3 is 4.90 Å². The SMILES string of the molecule is Cc1ccc(N(CN2CCCC2=O)C(=O)c2ccccc2)cc1Cl. The standard InChI is InChI=1S/C19H19ClN2O2/c1-14-9-10-16(12-17(14)20)22(13-21-11-5-8-18(21)23)19(24)15-6-3-2-4-7-15/h2-4,6-7,9-10,12H,5,8,11,13H2,1H3. The van der Waals surface area contributed by atoms with Crippen LogP contribution in [-0.4, -0.2) is 29.9 Å². The number of carbonyl (C=O) groups excluding carboxylic acids is 2. The molecule has 5 heteroatoms. The van der Waals surface area contributed by atoms with Gasteiger partial charge in [-0.3, -0.25) is 14.5 Å². The summed E-state index contributed by atoms with van der Waals surface area (Å²) in [5.41, 5.74) is 2.23. The number of hydrogen-bond donors (Lipinski definition) is 0. The van der Waals surface area contributed by atoms with E-state index in [2.05, 4.69) is 0 Å². The second kappa shape index (κ2) is 7.05. The minimum atomic E-state index is -0.143. The molecular weight excluding hydrogens is 324 g/mol. The Kier molecular flexibility index (Phi) is 4.86. The highest BCUT2D eigenvalue weighted by Crippen LogP contribution is 2.25. The number of halogens is 1. The van der Waals surface area contributed by atoms with Gasteiger partial charge in [0, 0.05) is 29.2 Å². The highest BCUT2D eigenvalue weighted by Gasteiger charge is 2.26. The summed E-state index contributed by atoms with van der Waals surface area (Å²) in [5.74, 6) is -0.0608. The van der Waals surface area contributed by atoms with Crippen LogP contribution < -0.4 is 4.90 Å². The largest absolute Gasteiger partial charge is 0.324 e. The molecule has 4 nitrogen and oxygen atoms in total. The first-order valence-corrected chi connectivity index (χ1v) is 8.35. The van der Waals surface area contributed by atoms with Crippen LogP contribution in [-0.2, 0) is 4.79 Å². The predicted octanol–water partition coefficient (Wildman–Crippen LogP) is 3.88. The molecule has 1 aliphatic rings. The van der Waals surface area contributed by atoms with Gasteiger partial charge >= 0.3 is 0 Å². The van der Waals surface area contributed by atoms with Gasteiger partial charge in [-0.05, 0) is 43.2 Å². The van der Waals surface area contributed by atoms with Gasteiger partial charge in [-0.25, -0.2) is 0 Å². The Morgan fingerprint density at radius 3 is 2.58 bits per heavy atom. The maximum atomic E-state index is 13.0. The fraction of sp³-hybridized carbons (Fsp3) is 0.263. The molecule has 124 valence electrons. The van der Waals surface area contributed by atoms with E-state index in [0.717, 1.165) is 12.0 Å². The summed E-state index contributed by atoms with van der Waals surface area (Å²) in [7, 11) is 0. The molecule has 1 aliphatic heterocycles. The van der Waals surface area contributed by atoms with Crippen molar-refractivity contribution in [3.63, 3.8) is 0 Å². The molecule has 0 atom stereocenters. The Labute approximate surface area is 146 Å². The molecule has 0 aromatic heterocycles. The average Bonchev–Trinajstić information content (AvgIpc) is 3.00. The third-order valence-corrected chi connectivity index (χ3v) is 4.62. The minimum absolute atomic E-state index is 0.0825. The number of aryl methyl sites for hydroxylation is 1. The molecule has 3 rings (SSSR count). The van der Waals surface area contributed by atoms with E-state index >= 15 is 0 Å². The molecule has 0 saturated carbocycles. The van der Waals surface area contributed by atoms with Gasteiger partial charge in [-0.1, -0.05) is 35.9 Å². The lowest BCUT2D eigenvalue weighted by atomic mass is 10.1. The Hall–Kier alpha value is -2.33. The van der Waals surface area contributed by atoms with Crippen LogP contribution in [0.5, 0.6) is 0 Å². The number of anilines is 1. The summed E-state index contributed by atoms with van der Waals surface area (Å²) in [4.78, 5) is 28.3. The molecule has 2 aromatic carbocycles. The Morgan fingerprint density at radius 2 is 1.96 bits per heavy atom. The normalized spacial score (nSPS) is 14.1. The van der Waals surface area contributed by atoms with Gasteiger partial charge in [0.1, 0.15) is 6.67 Å². The van der Waals surface area contributed by atoms with Gasteiger partial charge in [0.25, 0.3) is 5.91 Å². The van der Waals surface area contributed by atoms with Crippen LogP contribution in [0.1, 0.15) is 28.8 Å². The third-order valence-electron chi connectivity index (χ3n) is 4.22. The lowest BCUT2D eigenvalue weighted by Crippen LogP contribution is -2.42. The first kappa shape index (κ1) is 16.5. The average molecular weight is 343 g/mol. The maximum absolute atomic E-state index is 13.0. The molecule has 0 spiro atoms. The molecule has 0 aliphatic carbocycles. The zero-order chi connectivity index (χ0) is 17.1. The Morgan fingerprint density at radius 1 is 1.21 bits per heavy atom. The van der Waals surface area contributed by atoms with Crippen molar-refractivity contribution in [2.24, 2.45) is 0 Å². The third kappa shape index (κ3) is 3.44. The van der Waals surface area contributed by atoms with Gasteiger partial charge in [0.15, 0.2) is 0 Å². The summed E-state index contributed by atoms with van der Waals surface area (Å²) < 4.78 is 0. The second-order valence-electron chi connectivity index (χ2n) is 5.93. The van der Waals surface area contributed by atoms with E-state index in [4.69, 9.17) is 11.6 Å². The highest BCUT2D eigenvalue weighted by atomic mass is 35.5. The van der Waals surface area contributed by atoms with Crippen molar-refractivity contribution < 1.29 is 9.59 Å². The number of amides is 2. The van der Waals surface area contributed by atoms with Crippen molar-refractivity contribution in [1.29, 1.82) is 0 Å². The number of rotatable bonds is 4. The molecule has 0 unspecified atom stereocenters. The Balaban J connectivity index is 1.95. The van der Waals surface area contributed by atoms with Crippen molar-refractivity contribution in [3.8, 4) is 0 Å². The molecule has 1 fully saturated rings. The van der Waals surface area contributed by atoms with Crippen LogP contribution in [0.2, 0.25) is 5.02 Å². The van der Waals surface area contributed by atoms with E-state index in [-0.39, 0.29) is 18.5 Å². The van der Waals surface area contributed by atoms with Crippen LogP contribution in [0.15, 0.2) is 48.5 Å². The fourth-order valence-corrected chi connectivity index (χ4v) is 2.95. The molecule has 2 amide bonds. The molecular formula is C19H19ClN2O2. The topological polar surface area (TPSA) is 40.6 Å². The summed E-state index contributed by atoms with van der Waals surface area (Å²) in [6, 6.07) is 14.6. The minimum Gasteiger partial charge on any atom is -0.324 e. The van der Waals surface area contributed by atoms with Crippen molar-refractivity contribution in [1.82, 2.24) is 4.90 Å². The molecule has 1 heterocycles. The lowest BCUT2D eigenvalue weighted by Gasteiger charge is -2.28. The van der Waals surface area contributed by atoms with E-state index < -0.39 is 0 Å². The van der Waals surface area contributed by atoms with Crippen molar-refractivity contribution in [2.45, 2.75) is 19.8 Å². The number of hydrogen-bond acceptors (Lipinski definition) is 2. The van der Waals surface area contributed by atoms with E-state index in [1.165, 1.54) is 0 Å². The highest BCUT2D eigenvalue weighted by molar-refractivity contribution is 6.31. The molecule has 0 N–H and O–H groups in total. The van der Waals surface area contributed by atoms with Crippen LogP contribution >= 0.6 is 11.6 Å². The van der Waals surface area contributed by atoms with E-state index in [0.29, 0.717) is 29.2 Å². The van der Waals surface area contributed by atoms with E-state index in [9.17, 15) is 9.59 Å². The molecule has 0 bridgehead atoms. The van der Waals surface area contributed by atoms with Crippen LogP contribution in [0, 0.1) is 6.92 Å². The van der Waals surface area contributed by atoms with Gasteiger partial charge in [-0.15, -0.1) is 0 Å². The lowest BCUT2D eigenvalue weighted by molar-refractivity contribution is -0.127. The van der Waals surface area contributed by atoms with Crippen LogP contribution in [0.3, 0.4) is 0 Å². The smallest absolute Gasteiger partial charge is 0.259 e. The fourth-order valence-electron chi connectivity index (χ4n) is 2.77. The maximum Gasteiger partial charge on any atom is 0.259 e. The second-order valence-corrected chi connectivity index (χ2v) is 6.34. The van der Waals surface area contributed by atoms with Crippen molar-refractivity contribution >= 4 is 29.1 Å². The zero-order valence-electron chi connectivity index (χ0n) is 13.5. The molecule has 2 aromatic rings. The molecule has 24 heavy (non-hydrogen) atoms. The number of benzene rings is 2. The van der Waals surface area contributed by atoms with Gasteiger partial charge in [-0.2, -0.15) is 0 Å². The summed E-state index contributed by atoms with van der Waals surface area (Å²) >= 11 is 6.24. The van der Waals surface area contributed by atoms with Crippen molar-refractivity contribution in [2.75, 3.05) is 18.1 Å². The van der Waals surface area contributed by atoms with E-state index in [1.807, 2.05) is 37.3 Å². The van der Waals surface area contributed by atoms with Gasteiger partial charge in [0.05, 0.1) is 0 Å². The predicted molar refractivity (Wildman–Crippen MR) is 95.3 cm³/mol. The summed E-state index contributed by atoms with van der Waals surface area (Å²) in [6.45, 7) is 2.84. The summed E-state index contributed by atoms with van der Waals surface area (Å²) in [5, 5.41) is 0.603. The monoisotopic (exact) mass is 342 g/mol. The number of nitrogens with zero attached hydrogens (tertiary/aromatic N) is 2. The van der Waals surface area contributed by atoms with Crippen LogP contribution in [0.4, 0.5) is 5.69 Å². The van der Waals surface area contributed by atoms with E-state index in [1.54, 1.807) is 28.0 Å². The molecule has 0 radical (unpaired) electrons. The van der Waals surface area contributed by atoms with Crippen LogP contribution in [0.25, 0.3) is 0 Å². The number of carbonyl (C=O) groups is 2. The summed E-state index contributed by atoms with van der Waals surface area (Å²) in [6.07, 6.45) is 1.38. The molecule has 1 saturated heterocycles. The quantitative estimate of drug-likeness (QED) is 0.846. The van der Waals surface area contributed by atoms with Crippen molar-refractivity contribution in [3.05, 3.63) is 64.7 Å². The first-order chi connectivity index (χ1) is 11.6. The number of likely N-dealkylation sites (tertiary alicyclic amines) is 1. The Bertz CT molecular complexity index is 761. The first-order valence-electron chi connectivity index (χ1n) is 7.97.